The first-order chi connectivity index (χ1) is 7.31. The lowest BCUT2D eigenvalue weighted by Crippen LogP contribution is -2.31. The van der Waals surface area contributed by atoms with Gasteiger partial charge in [0, 0.05) is 17.1 Å². The third-order valence-electron chi connectivity index (χ3n) is 2.36. The zero-order chi connectivity index (χ0) is 10.7. The van der Waals surface area contributed by atoms with Gasteiger partial charge in [0.25, 0.3) is 0 Å². The Labute approximate surface area is 94.0 Å². The zero-order valence-electron chi connectivity index (χ0n) is 8.73. The molecule has 1 aromatic carbocycles. The van der Waals surface area contributed by atoms with Crippen molar-refractivity contribution in [3.8, 4) is 5.75 Å². The van der Waals surface area contributed by atoms with Crippen molar-refractivity contribution < 1.29 is 9.53 Å². The van der Waals surface area contributed by atoms with Crippen LogP contribution < -0.4 is 4.74 Å². The molecule has 0 N–H and O–H groups in total. The maximum absolute atomic E-state index is 11.7. The molecule has 1 heterocycles. The number of carbonyl (C=O) groups is 1. The average Bonchev–Trinajstić information content (AvgIpc) is 2.29. The number of ether oxygens (including phenoxy) is 1. The minimum absolute atomic E-state index is 0.222. The number of ketones is 1. The van der Waals surface area contributed by atoms with Gasteiger partial charge in [-0.05, 0) is 18.6 Å². The van der Waals surface area contributed by atoms with Crippen LogP contribution in [0.2, 0.25) is 0 Å². The summed E-state index contributed by atoms with van der Waals surface area (Å²) in [5, 5.41) is 0. The van der Waals surface area contributed by atoms with Gasteiger partial charge < -0.3 is 4.74 Å². The van der Waals surface area contributed by atoms with Crippen molar-refractivity contribution in [3.63, 3.8) is 0 Å². The number of para-hydroxylation sites is 1. The highest BCUT2D eigenvalue weighted by Crippen LogP contribution is 2.35. The lowest BCUT2D eigenvalue weighted by atomic mass is 10.1. The molecule has 0 spiro atoms. The maximum Gasteiger partial charge on any atom is 0.174 e. The summed E-state index contributed by atoms with van der Waals surface area (Å²) >= 11 is 1.71. The summed E-state index contributed by atoms with van der Waals surface area (Å²) in [4.78, 5) is 12.8. The van der Waals surface area contributed by atoms with Gasteiger partial charge in [-0.3, -0.25) is 4.79 Å². The molecule has 80 valence electrons. The highest BCUT2D eigenvalue weighted by Gasteiger charge is 2.25. The van der Waals surface area contributed by atoms with Gasteiger partial charge in [-0.15, -0.1) is 11.8 Å². The van der Waals surface area contributed by atoms with Crippen LogP contribution in [-0.2, 0) is 4.79 Å². The fourth-order valence-corrected chi connectivity index (χ4v) is 2.60. The predicted octanol–water partition coefficient (Wildman–Crippen LogP) is 2.91. The fraction of sp³-hybridized carbons (Fsp3) is 0.417. The Hall–Kier alpha value is -0.960. The fourth-order valence-electron chi connectivity index (χ4n) is 1.59. The van der Waals surface area contributed by atoms with Gasteiger partial charge in [0.2, 0.25) is 0 Å². The normalized spacial score (nSPS) is 19.1. The number of Topliss-reactive ketones (excluding diaryl/α,β-unsaturated/α-hetero) is 1. The summed E-state index contributed by atoms with van der Waals surface area (Å²) in [5.74, 6) is 1.82. The second-order valence-electron chi connectivity index (χ2n) is 3.58. The molecule has 3 heteroatoms. The van der Waals surface area contributed by atoms with E-state index in [-0.39, 0.29) is 11.9 Å². The average molecular weight is 222 g/mol. The van der Waals surface area contributed by atoms with Crippen molar-refractivity contribution in [3.05, 3.63) is 24.3 Å². The van der Waals surface area contributed by atoms with E-state index in [0.29, 0.717) is 6.42 Å². The van der Waals surface area contributed by atoms with Crippen LogP contribution in [0.1, 0.15) is 19.8 Å². The smallest absolute Gasteiger partial charge is 0.174 e. The van der Waals surface area contributed by atoms with Gasteiger partial charge in [-0.2, -0.15) is 0 Å². The first kappa shape index (κ1) is 10.6. The highest BCUT2D eigenvalue weighted by atomic mass is 32.2. The topological polar surface area (TPSA) is 26.3 Å². The molecule has 0 saturated carbocycles. The van der Waals surface area contributed by atoms with Gasteiger partial charge in [0.15, 0.2) is 11.9 Å². The van der Waals surface area contributed by atoms with E-state index >= 15 is 0 Å². The first-order valence-electron chi connectivity index (χ1n) is 5.22. The standard InChI is InChI=1S/C12H14O2S/c1-2-5-9(13)11-8-15-12-7-4-3-6-10(12)14-11/h3-4,6-7,11H,2,5,8H2,1H3. The Morgan fingerprint density at radius 3 is 3.13 bits per heavy atom. The number of hydrogen-bond acceptors (Lipinski definition) is 3. The molecule has 0 radical (unpaired) electrons. The van der Waals surface area contributed by atoms with E-state index < -0.39 is 0 Å². The molecule has 0 aliphatic carbocycles. The van der Waals surface area contributed by atoms with E-state index in [1.54, 1.807) is 11.8 Å². The Morgan fingerprint density at radius 2 is 2.33 bits per heavy atom. The van der Waals surface area contributed by atoms with Gasteiger partial charge in [-0.1, -0.05) is 19.1 Å². The molecule has 2 rings (SSSR count). The second kappa shape index (κ2) is 4.71. The Bertz CT molecular complexity index is 362. The quantitative estimate of drug-likeness (QED) is 0.786. The van der Waals surface area contributed by atoms with Crippen LogP contribution in [0.15, 0.2) is 29.2 Å². The third kappa shape index (κ3) is 2.34. The largest absolute Gasteiger partial charge is 0.481 e. The Kier molecular flexibility index (Phi) is 3.31. The Morgan fingerprint density at radius 1 is 1.53 bits per heavy atom. The predicted molar refractivity (Wildman–Crippen MR) is 61.5 cm³/mol. The number of fused-ring (bicyclic) bond motifs is 1. The summed E-state index contributed by atoms with van der Waals surface area (Å²) in [6.45, 7) is 2.02. The molecule has 15 heavy (non-hydrogen) atoms. The molecule has 1 unspecified atom stereocenters. The lowest BCUT2D eigenvalue weighted by Gasteiger charge is -2.24. The van der Waals surface area contributed by atoms with Crippen molar-refractivity contribution in [2.45, 2.75) is 30.8 Å². The van der Waals surface area contributed by atoms with Gasteiger partial charge >= 0.3 is 0 Å². The van der Waals surface area contributed by atoms with Crippen molar-refractivity contribution in [1.29, 1.82) is 0 Å². The van der Waals surface area contributed by atoms with Gasteiger partial charge in [0.1, 0.15) is 5.75 Å². The highest BCUT2D eigenvalue weighted by molar-refractivity contribution is 7.99. The van der Waals surface area contributed by atoms with Crippen LogP contribution in [-0.4, -0.2) is 17.6 Å². The molecule has 1 atom stereocenters. The lowest BCUT2D eigenvalue weighted by molar-refractivity contribution is -0.125. The SMILES string of the molecule is CCCC(=O)C1CSc2ccccc2O1. The van der Waals surface area contributed by atoms with E-state index in [1.165, 1.54) is 0 Å². The molecule has 0 amide bonds. The molecule has 1 aliphatic rings. The number of benzene rings is 1. The molecule has 1 aromatic rings. The maximum atomic E-state index is 11.7. The van der Waals surface area contributed by atoms with Crippen molar-refractivity contribution in [1.82, 2.24) is 0 Å². The third-order valence-corrected chi connectivity index (χ3v) is 3.48. The summed E-state index contributed by atoms with van der Waals surface area (Å²) < 4.78 is 5.68. The summed E-state index contributed by atoms with van der Waals surface area (Å²) in [5.41, 5.74) is 0. The summed E-state index contributed by atoms with van der Waals surface area (Å²) in [7, 11) is 0. The molecule has 1 aliphatic heterocycles. The summed E-state index contributed by atoms with van der Waals surface area (Å²) in [6, 6.07) is 7.88. The number of rotatable bonds is 3. The van der Waals surface area contributed by atoms with E-state index in [4.69, 9.17) is 4.74 Å². The van der Waals surface area contributed by atoms with Crippen molar-refractivity contribution in [2.75, 3.05) is 5.75 Å². The van der Waals surface area contributed by atoms with Crippen LogP contribution in [0, 0.1) is 0 Å². The minimum atomic E-state index is -0.246. The first-order valence-corrected chi connectivity index (χ1v) is 6.21. The van der Waals surface area contributed by atoms with E-state index in [9.17, 15) is 4.79 Å². The molecular weight excluding hydrogens is 208 g/mol. The number of thioether (sulfide) groups is 1. The van der Waals surface area contributed by atoms with E-state index in [1.807, 2.05) is 31.2 Å². The monoisotopic (exact) mass is 222 g/mol. The number of carbonyl (C=O) groups excluding carboxylic acids is 1. The van der Waals surface area contributed by atoms with E-state index in [2.05, 4.69) is 0 Å². The molecule has 0 bridgehead atoms. The minimum Gasteiger partial charge on any atom is -0.481 e. The number of hydrogen-bond donors (Lipinski definition) is 0. The summed E-state index contributed by atoms with van der Waals surface area (Å²) in [6.07, 6.45) is 1.27. The van der Waals surface area contributed by atoms with Crippen molar-refractivity contribution >= 4 is 17.5 Å². The van der Waals surface area contributed by atoms with Crippen LogP contribution in [0.4, 0.5) is 0 Å². The second-order valence-corrected chi connectivity index (χ2v) is 4.64. The Balaban J connectivity index is 2.08. The van der Waals surface area contributed by atoms with Gasteiger partial charge in [-0.25, -0.2) is 0 Å². The zero-order valence-corrected chi connectivity index (χ0v) is 9.55. The van der Waals surface area contributed by atoms with Crippen LogP contribution in [0.5, 0.6) is 5.75 Å². The molecule has 0 saturated heterocycles. The van der Waals surface area contributed by atoms with Crippen LogP contribution >= 0.6 is 11.8 Å². The van der Waals surface area contributed by atoms with Crippen LogP contribution in [0.3, 0.4) is 0 Å². The molecule has 0 fully saturated rings. The van der Waals surface area contributed by atoms with Gasteiger partial charge in [0.05, 0.1) is 0 Å². The molecular formula is C12H14O2S. The van der Waals surface area contributed by atoms with Crippen molar-refractivity contribution in [2.24, 2.45) is 0 Å². The van der Waals surface area contributed by atoms with Crippen LogP contribution in [0.25, 0.3) is 0 Å². The molecule has 2 nitrogen and oxygen atoms in total. The molecule has 0 aromatic heterocycles. The van der Waals surface area contributed by atoms with E-state index in [0.717, 1.165) is 22.8 Å².